The molecule has 2 aliphatic rings. The fourth-order valence-electron chi connectivity index (χ4n) is 4.11. The highest BCUT2D eigenvalue weighted by molar-refractivity contribution is 7.89. The molecule has 1 N–H and O–H groups in total. The summed E-state index contributed by atoms with van der Waals surface area (Å²) in [7, 11) is -4.10. The molecule has 188 valence electrons. The smallest absolute Gasteiger partial charge is 0.325 e. The molecule has 13 heteroatoms. The zero-order chi connectivity index (χ0) is 26.3. The molecule has 2 heterocycles. The van der Waals surface area contributed by atoms with E-state index in [0.29, 0.717) is 17.2 Å². The van der Waals surface area contributed by atoms with Gasteiger partial charge in [-0.2, -0.15) is 9.57 Å². The molecule has 4 rings (SSSR count). The van der Waals surface area contributed by atoms with Crippen LogP contribution in [0.15, 0.2) is 47.4 Å². The highest BCUT2D eigenvalue weighted by Gasteiger charge is 2.49. The van der Waals surface area contributed by atoms with Gasteiger partial charge in [-0.25, -0.2) is 22.0 Å². The van der Waals surface area contributed by atoms with E-state index in [9.17, 15) is 31.6 Å². The van der Waals surface area contributed by atoms with E-state index in [1.807, 2.05) is 6.07 Å². The average molecular weight is 518 g/mol. The number of hydrogen-bond acceptors (Lipinski definition) is 6. The van der Waals surface area contributed by atoms with Crippen LogP contribution in [0.3, 0.4) is 0 Å². The standard InChI is InChI=1S/C23H21F2N5O5S/c1-23(16-4-2-15(13-26)3-5-16)21(32)30(22(33)27-23)14-20(31)28-8-10-29(11-9-28)36(34,35)17-6-7-18(24)19(25)12-17/h2-7,12H,8-11,14H2,1H3,(H,27,33)/t23-/m1/s1. The highest BCUT2D eigenvalue weighted by atomic mass is 32.2. The second-order valence-corrected chi connectivity index (χ2v) is 10.4. The van der Waals surface area contributed by atoms with Crippen LogP contribution in [-0.4, -0.2) is 73.1 Å². The first-order valence-corrected chi connectivity index (χ1v) is 12.3. The predicted molar refractivity (Wildman–Crippen MR) is 120 cm³/mol. The van der Waals surface area contributed by atoms with Crippen molar-refractivity contribution in [3.63, 3.8) is 0 Å². The normalized spacial score (nSPS) is 20.8. The topological polar surface area (TPSA) is 131 Å². The van der Waals surface area contributed by atoms with Gasteiger partial charge in [0.2, 0.25) is 15.9 Å². The highest BCUT2D eigenvalue weighted by Crippen LogP contribution is 2.29. The predicted octanol–water partition coefficient (Wildman–Crippen LogP) is 1.14. The quantitative estimate of drug-likeness (QED) is 0.592. The number of nitrogens with one attached hydrogen (secondary N) is 1. The number of nitriles is 1. The first kappa shape index (κ1) is 25.2. The van der Waals surface area contributed by atoms with Crippen molar-refractivity contribution in [1.82, 2.24) is 19.4 Å². The van der Waals surface area contributed by atoms with Gasteiger partial charge in [-0.1, -0.05) is 12.1 Å². The third kappa shape index (κ3) is 4.40. The van der Waals surface area contributed by atoms with Gasteiger partial charge in [0.05, 0.1) is 16.5 Å². The number of amides is 4. The number of hydrogen-bond donors (Lipinski definition) is 1. The van der Waals surface area contributed by atoms with Gasteiger partial charge in [-0.3, -0.25) is 14.5 Å². The number of urea groups is 1. The summed E-state index contributed by atoms with van der Waals surface area (Å²) in [5.41, 5.74) is -0.578. The summed E-state index contributed by atoms with van der Waals surface area (Å²) in [6, 6.07) is 9.65. The summed E-state index contributed by atoms with van der Waals surface area (Å²) in [4.78, 5) is 40.2. The molecule has 0 aromatic heterocycles. The van der Waals surface area contributed by atoms with Crippen molar-refractivity contribution in [2.24, 2.45) is 0 Å². The van der Waals surface area contributed by atoms with Crippen molar-refractivity contribution in [3.05, 3.63) is 65.2 Å². The number of halogens is 2. The Labute approximate surface area is 205 Å². The molecule has 0 saturated carbocycles. The van der Waals surface area contributed by atoms with E-state index < -0.39 is 56.5 Å². The number of rotatable bonds is 5. The minimum absolute atomic E-state index is 0.0156. The zero-order valence-electron chi connectivity index (χ0n) is 19.1. The largest absolute Gasteiger partial charge is 0.338 e. The Morgan fingerprint density at radius 3 is 2.28 bits per heavy atom. The molecule has 2 aromatic rings. The van der Waals surface area contributed by atoms with Crippen molar-refractivity contribution in [2.75, 3.05) is 32.7 Å². The van der Waals surface area contributed by atoms with E-state index in [4.69, 9.17) is 5.26 Å². The lowest BCUT2D eigenvalue weighted by Gasteiger charge is -2.34. The Morgan fingerprint density at radius 2 is 1.69 bits per heavy atom. The zero-order valence-corrected chi connectivity index (χ0v) is 19.9. The molecule has 36 heavy (non-hydrogen) atoms. The number of sulfonamides is 1. The Morgan fingerprint density at radius 1 is 1.06 bits per heavy atom. The van der Waals surface area contributed by atoms with Crippen molar-refractivity contribution >= 4 is 27.9 Å². The van der Waals surface area contributed by atoms with Crippen LogP contribution < -0.4 is 5.32 Å². The lowest BCUT2D eigenvalue weighted by atomic mass is 9.91. The molecular formula is C23H21F2N5O5S. The number of carbonyl (C=O) groups excluding carboxylic acids is 3. The van der Waals surface area contributed by atoms with Crippen LogP contribution in [0.25, 0.3) is 0 Å². The fourth-order valence-corrected chi connectivity index (χ4v) is 5.55. The van der Waals surface area contributed by atoms with Crippen LogP contribution in [0, 0.1) is 23.0 Å². The van der Waals surface area contributed by atoms with Crippen molar-refractivity contribution in [2.45, 2.75) is 17.4 Å². The molecule has 0 spiro atoms. The van der Waals surface area contributed by atoms with Gasteiger partial charge in [0.25, 0.3) is 5.91 Å². The van der Waals surface area contributed by atoms with Gasteiger partial charge in [-0.15, -0.1) is 0 Å². The maximum atomic E-state index is 13.5. The van der Waals surface area contributed by atoms with Crippen LogP contribution >= 0.6 is 0 Å². The summed E-state index contributed by atoms with van der Waals surface area (Å²) >= 11 is 0. The summed E-state index contributed by atoms with van der Waals surface area (Å²) in [5, 5.41) is 11.5. The lowest BCUT2D eigenvalue weighted by Crippen LogP contribution is -2.53. The summed E-state index contributed by atoms with van der Waals surface area (Å²) in [6.07, 6.45) is 0. The molecule has 1 atom stereocenters. The van der Waals surface area contributed by atoms with Crippen LogP contribution in [-0.2, 0) is 25.2 Å². The second kappa shape index (κ2) is 9.29. The van der Waals surface area contributed by atoms with Crippen molar-refractivity contribution in [1.29, 1.82) is 5.26 Å². The van der Waals surface area contributed by atoms with Gasteiger partial charge in [0, 0.05) is 26.2 Å². The van der Waals surface area contributed by atoms with E-state index in [2.05, 4.69) is 5.32 Å². The van der Waals surface area contributed by atoms with Gasteiger partial charge in [0.15, 0.2) is 11.6 Å². The third-order valence-electron chi connectivity index (χ3n) is 6.28. The Kier molecular flexibility index (Phi) is 6.50. The molecule has 0 radical (unpaired) electrons. The third-order valence-corrected chi connectivity index (χ3v) is 8.17. The number of piperazine rings is 1. The molecule has 0 aliphatic carbocycles. The van der Waals surface area contributed by atoms with E-state index >= 15 is 0 Å². The van der Waals surface area contributed by atoms with Gasteiger partial charge in [-0.05, 0) is 42.8 Å². The second-order valence-electron chi connectivity index (χ2n) is 8.50. The maximum Gasteiger partial charge on any atom is 0.325 e. The molecule has 2 aromatic carbocycles. The number of imide groups is 1. The molecule has 2 saturated heterocycles. The fraction of sp³-hybridized carbons (Fsp3) is 0.304. The van der Waals surface area contributed by atoms with E-state index in [1.54, 1.807) is 12.1 Å². The minimum atomic E-state index is -4.10. The van der Waals surface area contributed by atoms with Gasteiger partial charge < -0.3 is 10.2 Å². The molecule has 2 aliphatic heterocycles. The summed E-state index contributed by atoms with van der Waals surface area (Å²) < 4.78 is 53.2. The van der Waals surface area contributed by atoms with Gasteiger partial charge >= 0.3 is 6.03 Å². The Bertz CT molecular complexity index is 1380. The first-order chi connectivity index (χ1) is 17.0. The molecule has 0 unspecified atom stereocenters. The maximum absolute atomic E-state index is 13.5. The van der Waals surface area contributed by atoms with Crippen LogP contribution in [0.1, 0.15) is 18.1 Å². The molecule has 0 bridgehead atoms. The van der Waals surface area contributed by atoms with Crippen LogP contribution in [0.4, 0.5) is 13.6 Å². The van der Waals surface area contributed by atoms with E-state index in [1.165, 1.54) is 24.0 Å². The number of benzene rings is 2. The average Bonchev–Trinajstić information content (AvgIpc) is 3.09. The van der Waals surface area contributed by atoms with Crippen LogP contribution in [0.2, 0.25) is 0 Å². The number of carbonyl (C=O) groups is 3. The van der Waals surface area contributed by atoms with Gasteiger partial charge in [0.1, 0.15) is 12.1 Å². The first-order valence-electron chi connectivity index (χ1n) is 10.8. The summed E-state index contributed by atoms with van der Waals surface area (Å²) in [5.74, 6) is -3.64. The summed E-state index contributed by atoms with van der Waals surface area (Å²) in [6.45, 7) is 0.733. The molecular weight excluding hydrogens is 496 g/mol. The molecule has 2 fully saturated rings. The molecule has 4 amide bonds. The van der Waals surface area contributed by atoms with Crippen molar-refractivity contribution in [3.8, 4) is 6.07 Å². The van der Waals surface area contributed by atoms with Crippen molar-refractivity contribution < 1.29 is 31.6 Å². The Balaban J connectivity index is 1.40. The molecule has 10 nitrogen and oxygen atoms in total. The van der Waals surface area contributed by atoms with E-state index in [-0.39, 0.29) is 26.2 Å². The number of nitrogens with zero attached hydrogens (tertiary/aromatic N) is 4. The monoisotopic (exact) mass is 517 g/mol. The minimum Gasteiger partial charge on any atom is -0.338 e. The van der Waals surface area contributed by atoms with E-state index in [0.717, 1.165) is 21.3 Å². The lowest BCUT2D eigenvalue weighted by molar-refractivity contribution is -0.139. The SMILES string of the molecule is C[C@]1(c2ccc(C#N)cc2)NC(=O)N(CC(=O)N2CCN(S(=O)(=O)c3ccc(F)c(F)c3)CC2)C1=O. The Hall–Kier alpha value is -3.89. The van der Waals surface area contributed by atoms with Crippen LogP contribution in [0.5, 0.6) is 0 Å².